The molecule has 3 aromatic heterocycles. The second-order valence-electron chi connectivity index (χ2n) is 6.37. The van der Waals surface area contributed by atoms with Crippen LogP contribution < -0.4 is 10.1 Å². The monoisotopic (exact) mass is 384 g/mol. The second kappa shape index (κ2) is 7.40. The van der Waals surface area contributed by atoms with E-state index in [4.69, 9.17) is 10.00 Å². The van der Waals surface area contributed by atoms with Crippen molar-refractivity contribution >= 4 is 22.5 Å². The zero-order chi connectivity index (χ0) is 20.4. The number of carbonyl (C=O) groups excluding carboxylic acids is 1. The lowest BCUT2D eigenvalue weighted by Gasteiger charge is -2.08. The molecule has 142 valence electrons. The number of rotatable bonds is 4. The summed E-state index contributed by atoms with van der Waals surface area (Å²) in [4.78, 5) is 20.9. The summed E-state index contributed by atoms with van der Waals surface area (Å²) in [5.41, 5.74) is 4.33. The van der Waals surface area contributed by atoms with Crippen LogP contribution in [-0.4, -0.2) is 33.2 Å². The number of hydrogen-bond donors (Lipinski definition) is 2. The molecule has 0 aliphatic heterocycles. The molecular formula is C21H16N6O2. The zero-order valence-electron chi connectivity index (χ0n) is 15.7. The number of benzene rings is 1. The first-order chi connectivity index (χ1) is 14.1. The molecule has 29 heavy (non-hydrogen) atoms. The minimum absolute atomic E-state index is 0.274. The number of carbonyl (C=O) groups is 1. The maximum atomic E-state index is 12.6. The standard InChI is InChI=1S/C21H16N6O2/c1-12-7-13(10-22)11-24-19(12)21(28)25-15-3-4-17-16(9-15)20(27-26-17)14-5-6-23-18(8-14)29-2/h3-9,11H,1-2H3,(H,25,28)(H,26,27). The van der Waals surface area contributed by atoms with Crippen LogP contribution >= 0.6 is 0 Å². The highest BCUT2D eigenvalue weighted by atomic mass is 16.5. The Morgan fingerprint density at radius 3 is 2.83 bits per heavy atom. The first kappa shape index (κ1) is 18.1. The van der Waals surface area contributed by atoms with E-state index in [9.17, 15) is 4.79 Å². The summed E-state index contributed by atoms with van der Waals surface area (Å²) < 4.78 is 5.18. The minimum Gasteiger partial charge on any atom is -0.481 e. The van der Waals surface area contributed by atoms with Gasteiger partial charge in [-0.2, -0.15) is 10.4 Å². The van der Waals surface area contributed by atoms with Crippen molar-refractivity contribution in [2.75, 3.05) is 12.4 Å². The maximum Gasteiger partial charge on any atom is 0.274 e. The Labute approximate surface area is 166 Å². The third-order valence-corrected chi connectivity index (χ3v) is 4.46. The first-order valence-corrected chi connectivity index (χ1v) is 8.75. The molecule has 1 aromatic carbocycles. The number of ether oxygens (including phenoxy) is 1. The summed E-state index contributed by atoms with van der Waals surface area (Å²) in [6, 6.07) is 12.8. The quantitative estimate of drug-likeness (QED) is 0.556. The van der Waals surface area contributed by atoms with Crippen molar-refractivity contribution in [3.8, 4) is 23.2 Å². The van der Waals surface area contributed by atoms with Crippen molar-refractivity contribution in [3.63, 3.8) is 0 Å². The average molecular weight is 384 g/mol. The van der Waals surface area contributed by atoms with Gasteiger partial charge in [0.25, 0.3) is 5.91 Å². The van der Waals surface area contributed by atoms with Gasteiger partial charge in [0.2, 0.25) is 5.88 Å². The van der Waals surface area contributed by atoms with Gasteiger partial charge >= 0.3 is 0 Å². The van der Waals surface area contributed by atoms with E-state index in [0.29, 0.717) is 22.7 Å². The molecule has 0 spiro atoms. The smallest absolute Gasteiger partial charge is 0.274 e. The van der Waals surface area contributed by atoms with Crippen LogP contribution in [0.5, 0.6) is 5.88 Å². The number of nitrogens with zero attached hydrogens (tertiary/aromatic N) is 4. The van der Waals surface area contributed by atoms with Crippen molar-refractivity contribution in [2.45, 2.75) is 6.92 Å². The van der Waals surface area contributed by atoms with Gasteiger partial charge in [0.15, 0.2) is 0 Å². The summed E-state index contributed by atoms with van der Waals surface area (Å²) in [5, 5.41) is 20.0. The van der Waals surface area contributed by atoms with Crippen LogP contribution in [0.2, 0.25) is 0 Å². The maximum absolute atomic E-state index is 12.6. The van der Waals surface area contributed by atoms with E-state index in [1.54, 1.807) is 38.4 Å². The van der Waals surface area contributed by atoms with E-state index in [-0.39, 0.29) is 11.6 Å². The summed E-state index contributed by atoms with van der Waals surface area (Å²) >= 11 is 0. The number of methoxy groups -OCH3 is 1. The van der Waals surface area contributed by atoms with Crippen LogP contribution in [0.3, 0.4) is 0 Å². The van der Waals surface area contributed by atoms with Gasteiger partial charge in [-0.05, 0) is 42.8 Å². The normalized spacial score (nSPS) is 10.5. The minimum atomic E-state index is -0.345. The number of aromatic nitrogens is 4. The Hall–Kier alpha value is -4.25. The molecular weight excluding hydrogens is 368 g/mol. The van der Waals surface area contributed by atoms with Gasteiger partial charge in [0.05, 0.1) is 18.2 Å². The van der Waals surface area contributed by atoms with E-state index in [2.05, 4.69) is 25.5 Å². The van der Waals surface area contributed by atoms with Crippen molar-refractivity contribution in [1.29, 1.82) is 5.26 Å². The topological polar surface area (TPSA) is 117 Å². The molecule has 0 saturated heterocycles. The number of nitrogens with one attached hydrogen (secondary N) is 2. The van der Waals surface area contributed by atoms with Crippen LogP contribution in [0.15, 0.2) is 48.8 Å². The summed E-state index contributed by atoms with van der Waals surface area (Å²) in [6.07, 6.45) is 3.04. The number of aromatic amines is 1. The Morgan fingerprint density at radius 1 is 1.21 bits per heavy atom. The molecule has 4 rings (SSSR count). The molecule has 0 atom stereocenters. The van der Waals surface area contributed by atoms with Crippen LogP contribution in [0.4, 0.5) is 5.69 Å². The molecule has 2 N–H and O–H groups in total. The van der Waals surface area contributed by atoms with E-state index in [1.165, 1.54) is 6.20 Å². The number of hydrogen-bond acceptors (Lipinski definition) is 6. The van der Waals surface area contributed by atoms with Crippen molar-refractivity contribution in [3.05, 3.63) is 65.6 Å². The Morgan fingerprint density at radius 2 is 2.07 bits per heavy atom. The zero-order valence-corrected chi connectivity index (χ0v) is 15.7. The fourth-order valence-corrected chi connectivity index (χ4v) is 3.04. The highest BCUT2D eigenvalue weighted by molar-refractivity contribution is 6.05. The van der Waals surface area contributed by atoms with Crippen LogP contribution in [-0.2, 0) is 0 Å². The number of amides is 1. The molecule has 8 heteroatoms. The summed E-state index contributed by atoms with van der Waals surface area (Å²) in [6.45, 7) is 1.75. The van der Waals surface area contributed by atoms with Gasteiger partial charge in [-0.25, -0.2) is 9.97 Å². The predicted octanol–water partition coefficient (Wildman–Crippen LogP) is 3.46. The number of aryl methyl sites for hydroxylation is 1. The highest BCUT2D eigenvalue weighted by Crippen LogP contribution is 2.29. The Balaban J connectivity index is 1.67. The fraction of sp³-hybridized carbons (Fsp3) is 0.0952. The van der Waals surface area contributed by atoms with E-state index in [1.807, 2.05) is 24.3 Å². The molecule has 4 aromatic rings. The van der Waals surface area contributed by atoms with Crippen molar-refractivity contribution in [1.82, 2.24) is 20.2 Å². The van der Waals surface area contributed by atoms with Crippen LogP contribution in [0.25, 0.3) is 22.2 Å². The van der Waals surface area contributed by atoms with E-state index >= 15 is 0 Å². The van der Waals surface area contributed by atoms with Gasteiger partial charge in [0, 0.05) is 35.1 Å². The Kier molecular flexibility index (Phi) is 4.63. The number of fused-ring (bicyclic) bond motifs is 1. The number of H-pyrrole nitrogens is 1. The van der Waals surface area contributed by atoms with Crippen molar-refractivity contribution < 1.29 is 9.53 Å². The molecule has 0 bridgehead atoms. The van der Waals surface area contributed by atoms with Crippen LogP contribution in [0.1, 0.15) is 21.6 Å². The van der Waals surface area contributed by atoms with Gasteiger partial charge in [-0.3, -0.25) is 9.89 Å². The molecule has 8 nitrogen and oxygen atoms in total. The van der Waals surface area contributed by atoms with Gasteiger partial charge in [0.1, 0.15) is 17.5 Å². The summed E-state index contributed by atoms with van der Waals surface area (Å²) in [5.74, 6) is 0.146. The van der Waals surface area contributed by atoms with Gasteiger partial charge in [-0.1, -0.05) is 0 Å². The SMILES string of the molecule is COc1cc(-c2n[nH]c3ccc(NC(=O)c4ncc(C#N)cc4C)cc23)ccn1. The lowest BCUT2D eigenvalue weighted by atomic mass is 10.1. The van der Waals surface area contributed by atoms with E-state index < -0.39 is 0 Å². The molecule has 0 aliphatic carbocycles. The third-order valence-electron chi connectivity index (χ3n) is 4.46. The average Bonchev–Trinajstić information content (AvgIpc) is 3.16. The first-order valence-electron chi connectivity index (χ1n) is 8.75. The molecule has 3 heterocycles. The fourth-order valence-electron chi connectivity index (χ4n) is 3.04. The number of nitriles is 1. The molecule has 0 fully saturated rings. The molecule has 0 saturated carbocycles. The second-order valence-corrected chi connectivity index (χ2v) is 6.37. The highest BCUT2D eigenvalue weighted by Gasteiger charge is 2.14. The third kappa shape index (κ3) is 3.49. The number of anilines is 1. The Bertz CT molecular complexity index is 1270. The van der Waals surface area contributed by atoms with Crippen molar-refractivity contribution in [2.24, 2.45) is 0 Å². The number of pyridine rings is 2. The largest absolute Gasteiger partial charge is 0.481 e. The molecule has 0 unspecified atom stereocenters. The molecule has 0 aliphatic rings. The molecule has 0 radical (unpaired) electrons. The van der Waals surface area contributed by atoms with Crippen LogP contribution in [0, 0.1) is 18.3 Å². The lowest BCUT2D eigenvalue weighted by molar-refractivity contribution is 0.102. The predicted molar refractivity (Wildman–Crippen MR) is 108 cm³/mol. The molecule has 1 amide bonds. The van der Waals surface area contributed by atoms with E-state index in [0.717, 1.165) is 22.2 Å². The van der Waals surface area contributed by atoms with Gasteiger partial charge < -0.3 is 10.1 Å². The summed E-state index contributed by atoms with van der Waals surface area (Å²) in [7, 11) is 1.56. The van der Waals surface area contributed by atoms with Gasteiger partial charge in [-0.15, -0.1) is 0 Å². The lowest BCUT2D eigenvalue weighted by Crippen LogP contribution is -2.15.